The van der Waals surface area contributed by atoms with Crippen LogP contribution in [0.4, 0.5) is 0 Å². The molecule has 4 rings (SSSR count). The fraction of sp³-hybridized carbons (Fsp3) is 0.438. The second kappa shape index (κ2) is 5.88. The van der Waals surface area contributed by atoms with Gasteiger partial charge < -0.3 is 24.6 Å². The van der Waals surface area contributed by atoms with Crippen LogP contribution in [-0.2, 0) is 11.8 Å². The molecule has 25 heavy (non-hydrogen) atoms. The summed E-state index contributed by atoms with van der Waals surface area (Å²) in [5, 5.41) is 36.2. The van der Waals surface area contributed by atoms with E-state index in [9.17, 15) is 15.3 Å². The average Bonchev–Trinajstić information content (AvgIpc) is 3.27. The Morgan fingerprint density at radius 1 is 1.24 bits per heavy atom. The van der Waals surface area contributed by atoms with E-state index in [1.165, 1.54) is 12.5 Å². The van der Waals surface area contributed by atoms with Gasteiger partial charge in [-0.15, -0.1) is 0 Å². The van der Waals surface area contributed by atoms with E-state index in [-0.39, 0.29) is 0 Å². The first kappa shape index (κ1) is 16.2. The molecule has 1 aliphatic rings. The molecular weight excluding hydrogens is 326 g/mol. The zero-order valence-corrected chi connectivity index (χ0v) is 13.8. The lowest BCUT2D eigenvalue weighted by molar-refractivity contribution is -0.0848. The minimum Gasteiger partial charge on any atom is -0.387 e. The normalized spacial score (nSPS) is 27.9. The van der Waals surface area contributed by atoms with Crippen molar-refractivity contribution < 1.29 is 20.1 Å². The number of ether oxygens (including phenoxy) is 1. The second-order valence-corrected chi connectivity index (χ2v) is 6.28. The standard InChI is InChI=1S/C16H19N5O4/c1-8-10-3-4-21(15(10)18-7-17-8)16-13(24)12(23)14(25-16)11(22)9-5-19-20(2)6-9/h3-7,11-14,16,22-24H,1-2H3. The first-order valence-electron chi connectivity index (χ1n) is 7.93. The third kappa shape index (κ3) is 2.52. The highest BCUT2D eigenvalue weighted by molar-refractivity contribution is 5.78. The molecule has 3 N–H and O–H groups in total. The van der Waals surface area contributed by atoms with Crippen molar-refractivity contribution in [3.05, 3.63) is 42.2 Å². The Bertz CT molecular complexity index is 907. The summed E-state index contributed by atoms with van der Waals surface area (Å²) < 4.78 is 9.01. The van der Waals surface area contributed by atoms with Gasteiger partial charge >= 0.3 is 0 Å². The first-order chi connectivity index (χ1) is 12.0. The molecule has 5 atom stereocenters. The monoisotopic (exact) mass is 345 g/mol. The molecule has 0 bridgehead atoms. The third-order valence-electron chi connectivity index (χ3n) is 4.64. The van der Waals surface area contributed by atoms with E-state index < -0.39 is 30.6 Å². The fourth-order valence-corrected chi connectivity index (χ4v) is 3.26. The highest BCUT2D eigenvalue weighted by Gasteiger charge is 2.47. The molecule has 3 aromatic rings. The topological polar surface area (TPSA) is 118 Å². The number of aliphatic hydroxyl groups is 3. The van der Waals surface area contributed by atoms with E-state index in [4.69, 9.17) is 4.74 Å². The van der Waals surface area contributed by atoms with Crippen LogP contribution in [0.2, 0.25) is 0 Å². The Morgan fingerprint density at radius 2 is 2.04 bits per heavy atom. The smallest absolute Gasteiger partial charge is 0.164 e. The number of fused-ring (bicyclic) bond motifs is 1. The molecule has 0 aromatic carbocycles. The van der Waals surface area contributed by atoms with E-state index in [1.807, 2.05) is 13.0 Å². The Hall–Kier alpha value is -2.33. The van der Waals surface area contributed by atoms with Gasteiger partial charge in [0, 0.05) is 30.4 Å². The molecule has 0 radical (unpaired) electrons. The van der Waals surface area contributed by atoms with Crippen molar-refractivity contribution in [2.24, 2.45) is 7.05 Å². The van der Waals surface area contributed by atoms with Gasteiger partial charge in [0.1, 0.15) is 36.4 Å². The van der Waals surface area contributed by atoms with Gasteiger partial charge in [0.25, 0.3) is 0 Å². The molecular formula is C16H19N5O4. The van der Waals surface area contributed by atoms with Crippen LogP contribution in [0.5, 0.6) is 0 Å². The summed E-state index contributed by atoms with van der Waals surface area (Å²) in [6.07, 6.45) is 0.899. The van der Waals surface area contributed by atoms with Crippen LogP contribution >= 0.6 is 0 Å². The summed E-state index contributed by atoms with van der Waals surface area (Å²) in [5.41, 5.74) is 1.92. The van der Waals surface area contributed by atoms with Gasteiger partial charge in [0.2, 0.25) is 0 Å². The molecule has 9 nitrogen and oxygen atoms in total. The highest BCUT2D eigenvalue weighted by atomic mass is 16.6. The molecule has 5 unspecified atom stereocenters. The van der Waals surface area contributed by atoms with Gasteiger partial charge in [0.15, 0.2) is 6.23 Å². The predicted molar refractivity (Wildman–Crippen MR) is 86.4 cm³/mol. The molecule has 132 valence electrons. The maximum Gasteiger partial charge on any atom is 0.164 e. The van der Waals surface area contributed by atoms with Crippen LogP contribution in [0.15, 0.2) is 31.0 Å². The predicted octanol–water partition coefficient (Wildman–Crippen LogP) is -0.174. The van der Waals surface area contributed by atoms with Crippen LogP contribution in [0.3, 0.4) is 0 Å². The Balaban J connectivity index is 1.66. The summed E-state index contributed by atoms with van der Waals surface area (Å²) in [6, 6.07) is 1.83. The minimum atomic E-state index is -1.25. The Labute approximate surface area is 143 Å². The summed E-state index contributed by atoms with van der Waals surface area (Å²) in [7, 11) is 1.73. The lowest BCUT2D eigenvalue weighted by Crippen LogP contribution is -2.34. The van der Waals surface area contributed by atoms with Gasteiger partial charge in [-0.3, -0.25) is 4.68 Å². The van der Waals surface area contributed by atoms with Crippen LogP contribution in [0.25, 0.3) is 11.0 Å². The van der Waals surface area contributed by atoms with Gasteiger partial charge in [-0.1, -0.05) is 0 Å². The fourth-order valence-electron chi connectivity index (χ4n) is 3.26. The lowest BCUT2D eigenvalue weighted by atomic mass is 10.0. The molecule has 1 aliphatic heterocycles. The van der Waals surface area contributed by atoms with Crippen LogP contribution in [-0.4, -0.2) is 57.9 Å². The van der Waals surface area contributed by atoms with Crippen LogP contribution in [0.1, 0.15) is 23.6 Å². The molecule has 1 saturated heterocycles. The number of hydrogen-bond donors (Lipinski definition) is 3. The summed E-state index contributed by atoms with van der Waals surface area (Å²) in [4.78, 5) is 8.38. The lowest BCUT2D eigenvalue weighted by Gasteiger charge is -2.20. The SMILES string of the molecule is Cc1ncnc2c1ccn2C1OC(C(O)c2cnn(C)c2)C(O)C1O. The van der Waals surface area contributed by atoms with Crippen LogP contribution < -0.4 is 0 Å². The second-order valence-electron chi connectivity index (χ2n) is 6.28. The summed E-state index contributed by atoms with van der Waals surface area (Å²) in [5.74, 6) is 0. The van der Waals surface area contributed by atoms with Crippen LogP contribution in [0, 0.1) is 6.92 Å². The van der Waals surface area contributed by atoms with Gasteiger partial charge in [-0.05, 0) is 13.0 Å². The molecule has 0 saturated carbocycles. The maximum atomic E-state index is 10.5. The molecule has 0 aliphatic carbocycles. The van der Waals surface area contributed by atoms with Crippen molar-refractivity contribution in [2.45, 2.75) is 37.6 Å². The Morgan fingerprint density at radius 3 is 2.76 bits per heavy atom. The van der Waals surface area contributed by atoms with Crippen molar-refractivity contribution in [1.29, 1.82) is 0 Å². The average molecular weight is 345 g/mol. The third-order valence-corrected chi connectivity index (χ3v) is 4.64. The van der Waals surface area contributed by atoms with Crippen molar-refractivity contribution >= 4 is 11.0 Å². The van der Waals surface area contributed by atoms with Gasteiger partial charge in [0.05, 0.1) is 11.9 Å². The molecule has 9 heteroatoms. The zero-order chi connectivity index (χ0) is 17.7. The summed E-state index contributed by atoms with van der Waals surface area (Å²) in [6.45, 7) is 1.87. The molecule has 3 aromatic heterocycles. The largest absolute Gasteiger partial charge is 0.387 e. The van der Waals surface area contributed by atoms with Crippen molar-refractivity contribution in [1.82, 2.24) is 24.3 Å². The van der Waals surface area contributed by atoms with Gasteiger partial charge in [-0.25, -0.2) is 9.97 Å². The van der Waals surface area contributed by atoms with E-state index in [1.54, 1.807) is 28.7 Å². The summed E-state index contributed by atoms with van der Waals surface area (Å²) >= 11 is 0. The number of aromatic nitrogens is 5. The molecule has 1 fully saturated rings. The Kier molecular flexibility index (Phi) is 3.80. The van der Waals surface area contributed by atoms with E-state index >= 15 is 0 Å². The number of rotatable bonds is 3. The molecule has 4 heterocycles. The molecule has 0 spiro atoms. The number of aryl methyl sites for hydroxylation is 2. The van der Waals surface area contributed by atoms with E-state index in [2.05, 4.69) is 15.1 Å². The van der Waals surface area contributed by atoms with Crippen molar-refractivity contribution in [3.8, 4) is 0 Å². The van der Waals surface area contributed by atoms with E-state index in [0.29, 0.717) is 11.2 Å². The number of aliphatic hydroxyl groups excluding tert-OH is 3. The molecule has 0 amide bonds. The minimum absolute atomic E-state index is 0.509. The van der Waals surface area contributed by atoms with Crippen molar-refractivity contribution in [3.63, 3.8) is 0 Å². The highest BCUT2D eigenvalue weighted by Crippen LogP contribution is 2.37. The van der Waals surface area contributed by atoms with E-state index in [0.717, 1.165) is 11.1 Å². The number of nitrogens with zero attached hydrogens (tertiary/aromatic N) is 5. The van der Waals surface area contributed by atoms with Crippen molar-refractivity contribution in [2.75, 3.05) is 0 Å². The number of hydrogen-bond acceptors (Lipinski definition) is 7. The van der Waals surface area contributed by atoms with Gasteiger partial charge in [-0.2, -0.15) is 5.10 Å². The first-order valence-corrected chi connectivity index (χ1v) is 7.93. The zero-order valence-electron chi connectivity index (χ0n) is 13.8. The quantitative estimate of drug-likeness (QED) is 0.603. The maximum absolute atomic E-state index is 10.5.